The molecule has 1 saturated carbocycles. The molecule has 1 aliphatic carbocycles. The van der Waals surface area contributed by atoms with Crippen molar-refractivity contribution < 1.29 is 24.5 Å². The molecule has 1 aromatic carbocycles. The topological polar surface area (TPSA) is 76.0 Å². The van der Waals surface area contributed by atoms with E-state index in [4.69, 9.17) is 9.47 Å². The molecule has 1 fully saturated rings. The molecular weight excluding hydrogens is 316 g/mol. The van der Waals surface area contributed by atoms with Crippen LogP contribution in [0.5, 0.6) is 11.5 Å². The van der Waals surface area contributed by atoms with Gasteiger partial charge in [-0.05, 0) is 42.7 Å². The first kappa shape index (κ1) is 16.1. The number of benzene rings is 1. The Morgan fingerprint density at radius 2 is 1.91 bits per heavy atom. The first-order valence-corrected chi connectivity index (χ1v) is 8.41. The van der Waals surface area contributed by atoms with Crippen LogP contribution in [0.2, 0.25) is 0 Å². The second-order valence-corrected chi connectivity index (χ2v) is 7.04. The number of rotatable bonds is 7. The van der Waals surface area contributed by atoms with Crippen LogP contribution in [0.3, 0.4) is 0 Å². The number of ether oxygens (including phenoxy) is 2. The fraction of sp³-hybridized carbons (Fsp3) is 0.471. The number of aliphatic hydroxyl groups excluding tert-OH is 1. The molecule has 1 heterocycles. The zero-order chi connectivity index (χ0) is 16.6. The van der Waals surface area contributed by atoms with Crippen LogP contribution in [0.15, 0.2) is 18.2 Å². The number of methoxy groups -OCH3 is 2. The highest BCUT2D eigenvalue weighted by Gasteiger charge is 2.37. The van der Waals surface area contributed by atoms with Crippen LogP contribution in [-0.2, 0) is 4.79 Å². The quantitative estimate of drug-likeness (QED) is 0.810. The first-order valence-electron chi connectivity index (χ1n) is 7.59. The number of aliphatic carboxylic acids is 1. The van der Waals surface area contributed by atoms with E-state index in [1.165, 1.54) is 11.3 Å². The highest BCUT2D eigenvalue weighted by Crippen LogP contribution is 2.43. The van der Waals surface area contributed by atoms with Crippen LogP contribution in [-0.4, -0.2) is 30.4 Å². The average Bonchev–Trinajstić information content (AvgIpc) is 3.28. The number of hydrogen-bond acceptors (Lipinski definition) is 5. The first-order chi connectivity index (χ1) is 11.0. The molecule has 2 N–H and O–H groups in total. The number of carboxylic acid groups (broad SMARTS) is 1. The molecule has 1 aromatic heterocycles. The van der Waals surface area contributed by atoms with E-state index in [0.29, 0.717) is 11.5 Å². The van der Waals surface area contributed by atoms with Crippen molar-refractivity contribution in [3.05, 3.63) is 23.1 Å². The second kappa shape index (κ2) is 6.37. The lowest BCUT2D eigenvalue weighted by Gasteiger charge is -2.15. The third-order valence-electron chi connectivity index (χ3n) is 4.36. The van der Waals surface area contributed by atoms with Crippen molar-refractivity contribution in [3.63, 3.8) is 0 Å². The van der Waals surface area contributed by atoms with Crippen LogP contribution in [0.1, 0.15) is 30.2 Å². The molecule has 0 bridgehead atoms. The van der Waals surface area contributed by atoms with E-state index in [2.05, 4.69) is 0 Å². The molecule has 1 aliphatic rings. The molecule has 0 spiro atoms. The molecule has 5 nitrogen and oxygen atoms in total. The van der Waals surface area contributed by atoms with Gasteiger partial charge in [-0.1, -0.05) is 0 Å². The van der Waals surface area contributed by atoms with Gasteiger partial charge in [-0.25, -0.2) is 0 Å². The van der Waals surface area contributed by atoms with Crippen molar-refractivity contribution in [2.24, 2.45) is 11.8 Å². The smallest absolute Gasteiger partial charge is 0.306 e. The summed E-state index contributed by atoms with van der Waals surface area (Å²) in [4.78, 5) is 12.1. The molecule has 2 atom stereocenters. The third-order valence-corrected chi connectivity index (χ3v) is 5.55. The molecular formula is C17H20O5S. The molecule has 0 amide bonds. The van der Waals surface area contributed by atoms with Gasteiger partial charge in [-0.15, -0.1) is 11.3 Å². The van der Waals surface area contributed by atoms with E-state index in [9.17, 15) is 15.0 Å². The van der Waals surface area contributed by atoms with E-state index < -0.39 is 18.0 Å². The lowest BCUT2D eigenvalue weighted by molar-refractivity contribution is -0.143. The van der Waals surface area contributed by atoms with Crippen molar-refractivity contribution in [3.8, 4) is 11.5 Å². The molecule has 3 rings (SSSR count). The van der Waals surface area contributed by atoms with E-state index in [-0.39, 0.29) is 12.3 Å². The van der Waals surface area contributed by atoms with Gasteiger partial charge in [0.2, 0.25) is 0 Å². The van der Waals surface area contributed by atoms with E-state index in [0.717, 1.165) is 27.8 Å². The van der Waals surface area contributed by atoms with E-state index in [1.807, 2.05) is 18.2 Å². The second-order valence-electron chi connectivity index (χ2n) is 5.93. The van der Waals surface area contributed by atoms with Crippen LogP contribution in [0, 0.1) is 11.8 Å². The minimum atomic E-state index is -0.809. The summed E-state index contributed by atoms with van der Waals surface area (Å²) in [5.74, 6) is 0.233. The van der Waals surface area contributed by atoms with Gasteiger partial charge in [0.1, 0.15) is 0 Å². The van der Waals surface area contributed by atoms with Gasteiger partial charge in [0, 0.05) is 15.6 Å². The van der Waals surface area contributed by atoms with E-state index in [1.54, 1.807) is 14.2 Å². The maximum absolute atomic E-state index is 11.3. The van der Waals surface area contributed by atoms with Gasteiger partial charge in [-0.3, -0.25) is 4.79 Å². The molecule has 124 valence electrons. The Bertz CT molecular complexity index is 678. The van der Waals surface area contributed by atoms with E-state index >= 15 is 0 Å². The fourth-order valence-electron chi connectivity index (χ4n) is 2.90. The van der Waals surface area contributed by atoms with Crippen molar-refractivity contribution >= 4 is 27.4 Å². The lowest BCUT2D eigenvalue weighted by Crippen LogP contribution is -2.18. The average molecular weight is 336 g/mol. The minimum absolute atomic E-state index is 0.219. The van der Waals surface area contributed by atoms with Crippen molar-refractivity contribution in [2.75, 3.05) is 14.2 Å². The Labute approximate surface area is 138 Å². The zero-order valence-corrected chi connectivity index (χ0v) is 13.9. The van der Waals surface area contributed by atoms with Crippen LogP contribution in [0.25, 0.3) is 10.1 Å². The number of carbonyl (C=O) groups is 1. The predicted molar refractivity (Wildman–Crippen MR) is 88.4 cm³/mol. The molecule has 6 heteroatoms. The summed E-state index contributed by atoms with van der Waals surface area (Å²) in [5.41, 5.74) is 0. The molecule has 2 aromatic rings. The SMILES string of the molecule is COc1cc2cc(C(O)CC(C(=O)O)C3CC3)sc2cc1OC. The zero-order valence-electron chi connectivity index (χ0n) is 13.1. The van der Waals surface area contributed by atoms with Gasteiger partial charge in [0.05, 0.1) is 26.2 Å². The number of fused-ring (bicyclic) bond motifs is 1. The lowest BCUT2D eigenvalue weighted by atomic mass is 9.96. The van der Waals surface area contributed by atoms with Crippen LogP contribution >= 0.6 is 11.3 Å². The third kappa shape index (κ3) is 3.28. The molecule has 0 aliphatic heterocycles. The summed E-state index contributed by atoms with van der Waals surface area (Å²) < 4.78 is 11.6. The molecule has 0 saturated heterocycles. The summed E-state index contributed by atoms with van der Waals surface area (Å²) in [7, 11) is 3.17. The van der Waals surface area contributed by atoms with Gasteiger partial charge >= 0.3 is 5.97 Å². The Hall–Kier alpha value is -1.79. The number of carboxylic acids is 1. The highest BCUT2D eigenvalue weighted by molar-refractivity contribution is 7.19. The van der Waals surface area contributed by atoms with Gasteiger partial charge in [0.25, 0.3) is 0 Å². The fourth-order valence-corrected chi connectivity index (χ4v) is 3.98. The number of hydrogen-bond donors (Lipinski definition) is 2. The monoisotopic (exact) mass is 336 g/mol. The minimum Gasteiger partial charge on any atom is -0.493 e. The maximum atomic E-state index is 11.3. The Kier molecular flexibility index (Phi) is 4.46. The van der Waals surface area contributed by atoms with Crippen LogP contribution < -0.4 is 9.47 Å². The van der Waals surface area contributed by atoms with Crippen molar-refractivity contribution in [2.45, 2.75) is 25.4 Å². The Balaban J connectivity index is 1.85. The van der Waals surface area contributed by atoms with Gasteiger partial charge in [0.15, 0.2) is 11.5 Å². The molecule has 23 heavy (non-hydrogen) atoms. The normalized spacial score (nSPS) is 17.0. The molecule has 2 unspecified atom stereocenters. The summed E-state index contributed by atoms with van der Waals surface area (Å²) in [6.07, 6.45) is 1.40. The Morgan fingerprint density at radius 1 is 1.26 bits per heavy atom. The largest absolute Gasteiger partial charge is 0.493 e. The Morgan fingerprint density at radius 3 is 2.48 bits per heavy atom. The highest BCUT2D eigenvalue weighted by atomic mass is 32.1. The van der Waals surface area contributed by atoms with Gasteiger partial charge < -0.3 is 19.7 Å². The summed E-state index contributed by atoms with van der Waals surface area (Å²) >= 11 is 1.46. The summed E-state index contributed by atoms with van der Waals surface area (Å²) in [6, 6.07) is 5.65. The standard InChI is InChI=1S/C17H20O5S/c1-21-13-5-10-6-16(23-15(10)8-14(13)22-2)12(18)7-11(17(19)20)9-3-4-9/h5-6,8-9,11-12,18H,3-4,7H2,1-2H3,(H,19,20). The van der Waals surface area contributed by atoms with Crippen molar-refractivity contribution in [1.29, 1.82) is 0 Å². The number of thiophene rings is 1. The number of aliphatic hydroxyl groups is 1. The van der Waals surface area contributed by atoms with Gasteiger partial charge in [-0.2, -0.15) is 0 Å². The van der Waals surface area contributed by atoms with Crippen molar-refractivity contribution in [1.82, 2.24) is 0 Å². The van der Waals surface area contributed by atoms with Crippen LogP contribution in [0.4, 0.5) is 0 Å². The maximum Gasteiger partial charge on any atom is 0.306 e. The predicted octanol–water partition coefficient (Wildman–Crippen LogP) is 3.45. The molecule has 0 radical (unpaired) electrons. The summed E-state index contributed by atoms with van der Waals surface area (Å²) in [5, 5.41) is 20.7. The summed E-state index contributed by atoms with van der Waals surface area (Å²) in [6.45, 7) is 0.